The highest BCUT2D eigenvalue weighted by atomic mass is 16.4. The summed E-state index contributed by atoms with van der Waals surface area (Å²) in [7, 11) is 0. The highest BCUT2D eigenvalue weighted by Gasteiger charge is 2.25. The number of hydrogen-bond donors (Lipinski definition) is 2. The van der Waals surface area contributed by atoms with Crippen LogP contribution in [0, 0.1) is 18.3 Å². The summed E-state index contributed by atoms with van der Waals surface area (Å²) in [6, 6.07) is 11.2. The third kappa shape index (κ3) is 3.74. The second kappa shape index (κ2) is 8.17. The molecule has 0 saturated heterocycles. The fourth-order valence-corrected chi connectivity index (χ4v) is 3.87. The minimum atomic E-state index is -0.864. The maximum Gasteiger partial charge on any atom is 0.349 e. The molecule has 0 radical (unpaired) electrons. The lowest BCUT2D eigenvalue weighted by atomic mass is 9.83. The van der Waals surface area contributed by atoms with Crippen molar-refractivity contribution in [2.24, 2.45) is 0 Å². The summed E-state index contributed by atoms with van der Waals surface area (Å²) in [6.45, 7) is 1.95. The van der Waals surface area contributed by atoms with Crippen LogP contribution in [0.25, 0.3) is 10.9 Å². The molecule has 2 aromatic heterocycles. The number of benzene rings is 1. The predicted molar refractivity (Wildman–Crippen MR) is 111 cm³/mol. The number of fused-ring (bicyclic) bond motifs is 1. The highest BCUT2D eigenvalue weighted by Crippen LogP contribution is 2.36. The Balaban J connectivity index is 1.42. The highest BCUT2D eigenvalue weighted by molar-refractivity contribution is 5.95. The van der Waals surface area contributed by atoms with Gasteiger partial charge in [0.1, 0.15) is 11.3 Å². The Hall–Kier alpha value is -3.37. The van der Waals surface area contributed by atoms with Gasteiger partial charge >= 0.3 is 5.63 Å². The van der Waals surface area contributed by atoms with Gasteiger partial charge in [-0.25, -0.2) is 4.79 Å². The van der Waals surface area contributed by atoms with Gasteiger partial charge in [0.05, 0.1) is 24.3 Å². The van der Waals surface area contributed by atoms with Crippen molar-refractivity contribution in [2.75, 3.05) is 6.54 Å². The molecule has 0 spiro atoms. The molecule has 2 heterocycles. The summed E-state index contributed by atoms with van der Waals surface area (Å²) in [5, 5.41) is 23.0. The lowest BCUT2D eigenvalue weighted by Gasteiger charge is -2.24. The smallest absolute Gasteiger partial charge is 0.349 e. The summed E-state index contributed by atoms with van der Waals surface area (Å²) in [4.78, 5) is 24.9. The van der Waals surface area contributed by atoms with E-state index in [0.717, 1.165) is 30.2 Å². The van der Waals surface area contributed by atoms with Crippen LogP contribution in [-0.4, -0.2) is 28.2 Å². The molecule has 0 bridgehead atoms. The van der Waals surface area contributed by atoms with E-state index in [0.29, 0.717) is 16.9 Å². The van der Waals surface area contributed by atoms with E-state index in [2.05, 4.69) is 11.4 Å². The Bertz CT molecular complexity index is 1200. The van der Waals surface area contributed by atoms with Gasteiger partial charge in [0.2, 0.25) is 0 Å². The lowest BCUT2D eigenvalue weighted by molar-refractivity contribution is 0.0899. The maximum absolute atomic E-state index is 12.5. The Labute approximate surface area is 173 Å². The van der Waals surface area contributed by atoms with Crippen LogP contribution in [0.3, 0.4) is 0 Å². The van der Waals surface area contributed by atoms with Crippen molar-refractivity contribution in [3.63, 3.8) is 0 Å². The molecule has 0 unspecified atom stereocenters. The van der Waals surface area contributed by atoms with E-state index in [-0.39, 0.29) is 24.6 Å². The van der Waals surface area contributed by atoms with E-state index in [1.165, 1.54) is 0 Å². The van der Waals surface area contributed by atoms with Crippen LogP contribution in [0.4, 0.5) is 0 Å². The number of aromatic nitrogens is 1. The van der Waals surface area contributed by atoms with Gasteiger partial charge < -0.3 is 19.4 Å². The first-order valence-electron chi connectivity index (χ1n) is 10.1. The van der Waals surface area contributed by atoms with Crippen molar-refractivity contribution in [1.82, 2.24) is 9.88 Å². The zero-order valence-corrected chi connectivity index (χ0v) is 16.7. The van der Waals surface area contributed by atoms with Crippen LogP contribution >= 0.6 is 0 Å². The molecule has 2 N–H and O–H groups in total. The molecule has 1 aromatic carbocycles. The van der Waals surface area contributed by atoms with Crippen molar-refractivity contribution in [1.29, 1.82) is 5.26 Å². The van der Waals surface area contributed by atoms with Crippen molar-refractivity contribution in [3.05, 3.63) is 69.4 Å². The monoisotopic (exact) mass is 405 g/mol. The molecule has 154 valence electrons. The maximum atomic E-state index is 12.5. The summed E-state index contributed by atoms with van der Waals surface area (Å²) < 4.78 is 7.20. The van der Waals surface area contributed by atoms with Gasteiger partial charge in [-0.1, -0.05) is 12.5 Å². The van der Waals surface area contributed by atoms with E-state index in [9.17, 15) is 20.0 Å². The molecule has 1 fully saturated rings. The zero-order valence-electron chi connectivity index (χ0n) is 16.7. The van der Waals surface area contributed by atoms with Crippen molar-refractivity contribution >= 4 is 16.8 Å². The fraction of sp³-hybridized carbons (Fsp3) is 0.348. The second-order valence-electron chi connectivity index (χ2n) is 7.80. The molecule has 0 aliphatic heterocycles. The minimum Gasteiger partial charge on any atom is -0.427 e. The van der Waals surface area contributed by atoms with Crippen molar-refractivity contribution in [3.8, 4) is 6.07 Å². The Morgan fingerprint density at radius 3 is 2.87 bits per heavy atom. The first-order chi connectivity index (χ1) is 14.5. The topological polar surface area (TPSA) is 108 Å². The second-order valence-corrected chi connectivity index (χ2v) is 7.80. The van der Waals surface area contributed by atoms with Gasteiger partial charge in [-0.05, 0) is 49.6 Å². The zero-order chi connectivity index (χ0) is 21.3. The molecular weight excluding hydrogens is 382 g/mol. The Morgan fingerprint density at radius 1 is 1.40 bits per heavy atom. The van der Waals surface area contributed by atoms with Crippen LogP contribution < -0.4 is 10.9 Å². The molecule has 1 saturated carbocycles. The van der Waals surface area contributed by atoms with Crippen LogP contribution in [0.2, 0.25) is 0 Å². The average Bonchev–Trinajstić information content (AvgIpc) is 3.07. The number of nitrogens with one attached hydrogen (secondary N) is 1. The largest absolute Gasteiger partial charge is 0.427 e. The Morgan fingerprint density at radius 2 is 2.20 bits per heavy atom. The normalized spacial score (nSPS) is 14.8. The van der Waals surface area contributed by atoms with Crippen molar-refractivity contribution < 1.29 is 14.3 Å². The van der Waals surface area contributed by atoms with E-state index in [1.54, 1.807) is 31.3 Å². The number of hydrogen-bond acceptors (Lipinski definition) is 5. The van der Waals surface area contributed by atoms with Crippen LogP contribution in [0.5, 0.6) is 0 Å². The van der Waals surface area contributed by atoms with Gasteiger partial charge in [-0.15, -0.1) is 0 Å². The molecule has 1 aliphatic carbocycles. The standard InChI is InChI=1S/C23H23N3O4/c1-14-10-20(15-4-2-5-15)30-23(29)21(14)22(28)25-12-17(27)13-26-9-8-18-16(11-24)6-3-7-19(18)26/h3,6-10,15,17,27H,2,4-5,12-13H2,1H3,(H,25,28)/t17-/m1/s1. The van der Waals surface area contributed by atoms with E-state index < -0.39 is 17.6 Å². The molecule has 3 aromatic rings. The lowest BCUT2D eigenvalue weighted by Crippen LogP contribution is -2.37. The predicted octanol–water partition coefficient (Wildman–Crippen LogP) is 2.83. The minimum absolute atomic E-state index is 0.0142. The SMILES string of the molecule is Cc1cc(C2CCC2)oc(=O)c1C(=O)NC[C@@H](O)Cn1ccc2c(C#N)cccc21. The van der Waals surface area contributed by atoms with Gasteiger partial charge in [-0.2, -0.15) is 5.26 Å². The summed E-state index contributed by atoms with van der Waals surface area (Å²) in [5.74, 6) is 0.370. The third-order valence-corrected chi connectivity index (χ3v) is 5.74. The van der Waals surface area contributed by atoms with Crippen molar-refractivity contribution in [2.45, 2.75) is 44.8 Å². The van der Waals surface area contributed by atoms with Crippen LogP contribution in [0.15, 0.2) is 45.7 Å². The van der Waals surface area contributed by atoms with E-state index in [1.807, 2.05) is 16.7 Å². The number of carbonyl (C=O) groups is 1. The first kappa shape index (κ1) is 19.9. The van der Waals surface area contributed by atoms with Gasteiger partial charge in [0, 0.05) is 29.6 Å². The van der Waals surface area contributed by atoms with Crippen LogP contribution in [0.1, 0.15) is 52.4 Å². The third-order valence-electron chi connectivity index (χ3n) is 5.74. The molecule has 30 heavy (non-hydrogen) atoms. The van der Waals surface area contributed by atoms with E-state index in [4.69, 9.17) is 4.42 Å². The molecule has 1 atom stereocenters. The van der Waals surface area contributed by atoms with Gasteiger partial charge in [-0.3, -0.25) is 4.79 Å². The Kier molecular flexibility index (Phi) is 5.42. The molecule has 7 heteroatoms. The molecule has 7 nitrogen and oxygen atoms in total. The average molecular weight is 405 g/mol. The van der Waals surface area contributed by atoms with Crippen LogP contribution in [-0.2, 0) is 6.54 Å². The number of rotatable bonds is 6. The molecule has 4 rings (SSSR count). The number of aliphatic hydroxyl groups is 1. The molecular formula is C23H23N3O4. The number of carbonyl (C=O) groups excluding carboxylic acids is 1. The summed E-state index contributed by atoms with van der Waals surface area (Å²) >= 11 is 0. The molecule has 1 amide bonds. The number of amides is 1. The first-order valence-corrected chi connectivity index (χ1v) is 10.1. The fourth-order valence-electron chi connectivity index (χ4n) is 3.87. The quantitative estimate of drug-likeness (QED) is 0.656. The number of nitrogens with zero attached hydrogens (tertiary/aromatic N) is 2. The van der Waals surface area contributed by atoms with Gasteiger partial charge in [0.15, 0.2) is 0 Å². The number of nitriles is 1. The van der Waals surface area contributed by atoms with E-state index >= 15 is 0 Å². The summed E-state index contributed by atoms with van der Waals surface area (Å²) in [6.07, 6.45) is 4.07. The number of aryl methyl sites for hydroxylation is 1. The number of aliphatic hydroxyl groups excluding tert-OH is 1. The summed E-state index contributed by atoms with van der Waals surface area (Å²) in [5.41, 5.74) is 1.34. The van der Waals surface area contributed by atoms with Gasteiger partial charge in [0.25, 0.3) is 5.91 Å². The molecule has 1 aliphatic rings.